The van der Waals surface area contributed by atoms with E-state index in [4.69, 9.17) is 0 Å². The van der Waals surface area contributed by atoms with Gasteiger partial charge < -0.3 is 14.9 Å². The fourth-order valence-corrected chi connectivity index (χ4v) is 4.56. The predicted molar refractivity (Wildman–Crippen MR) is 100 cm³/mol. The molecule has 0 saturated carbocycles. The average Bonchev–Trinajstić information content (AvgIpc) is 3.07. The van der Waals surface area contributed by atoms with Crippen molar-refractivity contribution >= 4 is 11.8 Å². The van der Waals surface area contributed by atoms with Crippen molar-refractivity contribution in [3.63, 3.8) is 0 Å². The second kappa shape index (κ2) is 7.02. The summed E-state index contributed by atoms with van der Waals surface area (Å²) in [6, 6.07) is 11.8. The molecule has 6 nitrogen and oxygen atoms in total. The minimum absolute atomic E-state index is 0.0125. The molecule has 3 atom stereocenters. The van der Waals surface area contributed by atoms with E-state index in [-0.39, 0.29) is 35.4 Å². The van der Waals surface area contributed by atoms with Gasteiger partial charge in [0.2, 0.25) is 5.91 Å². The average molecular weight is 365 g/mol. The molecule has 0 radical (unpaired) electrons. The number of pyridine rings is 1. The minimum Gasteiger partial charge on any atom is -0.506 e. The van der Waals surface area contributed by atoms with E-state index in [1.165, 1.54) is 24.0 Å². The van der Waals surface area contributed by atoms with Gasteiger partial charge in [-0.3, -0.25) is 14.6 Å². The van der Waals surface area contributed by atoms with Crippen LogP contribution < -0.4 is 0 Å². The lowest BCUT2D eigenvalue weighted by atomic mass is 9.81. The Balaban J connectivity index is 1.60. The summed E-state index contributed by atoms with van der Waals surface area (Å²) in [4.78, 5) is 32.8. The fourth-order valence-electron chi connectivity index (χ4n) is 4.56. The Morgan fingerprint density at radius 2 is 1.93 bits per heavy atom. The summed E-state index contributed by atoms with van der Waals surface area (Å²) >= 11 is 0. The van der Waals surface area contributed by atoms with Crippen LogP contribution in [0.15, 0.2) is 48.8 Å². The molecule has 4 rings (SSSR count). The Hall–Kier alpha value is -2.89. The van der Waals surface area contributed by atoms with Crippen LogP contribution in [-0.2, 0) is 4.79 Å². The van der Waals surface area contributed by atoms with Crippen molar-refractivity contribution in [3.05, 3.63) is 59.9 Å². The highest BCUT2D eigenvalue weighted by Gasteiger charge is 2.46. The summed E-state index contributed by atoms with van der Waals surface area (Å²) in [7, 11) is 0. The molecule has 2 aliphatic heterocycles. The number of hydrogen-bond acceptors (Lipinski definition) is 4. The van der Waals surface area contributed by atoms with Crippen molar-refractivity contribution < 1.29 is 14.7 Å². The van der Waals surface area contributed by atoms with Gasteiger partial charge in [0, 0.05) is 50.6 Å². The first-order valence-electron chi connectivity index (χ1n) is 9.30. The highest BCUT2D eigenvalue weighted by molar-refractivity contribution is 5.94. The molecule has 1 aromatic carbocycles. The maximum absolute atomic E-state index is 12.9. The molecule has 0 spiro atoms. The number of carbonyl (C=O) groups is 2. The molecule has 2 fully saturated rings. The Labute approximate surface area is 158 Å². The van der Waals surface area contributed by atoms with Crippen molar-refractivity contribution in [2.24, 2.45) is 5.92 Å². The van der Waals surface area contributed by atoms with Crippen LogP contribution in [-0.4, -0.2) is 57.4 Å². The number of nitrogens with zero attached hydrogens (tertiary/aromatic N) is 3. The smallest absolute Gasteiger partial charge is 0.255 e. The quantitative estimate of drug-likeness (QED) is 0.886. The molecule has 140 valence electrons. The van der Waals surface area contributed by atoms with Gasteiger partial charge >= 0.3 is 0 Å². The maximum atomic E-state index is 12.9. The third kappa shape index (κ3) is 3.27. The first-order chi connectivity index (χ1) is 13.0. The Morgan fingerprint density at radius 3 is 2.63 bits per heavy atom. The van der Waals surface area contributed by atoms with E-state index in [0.29, 0.717) is 25.2 Å². The van der Waals surface area contributed by atoms with Gasteiger partial charge in [0.05, 0.1) is 11.8 Å². The summed E-state index contributed by atoms with van der Waals surface area (Å²) < 4.78 is 0. The number of aromatic nitrogens is 1. The molecule has 2 amide bonds. The van der Waals surface area contributed by atoms with E-state index in [9.17, 15) is 14.7 Å². The number of aromatic hydroxyl groups is 1. The maximum Gasteiger partial charge on any atom is 0.255 e. The summed E-state index contributed by atoms with van der Waals surface area (Å²) in [5.41, 5.74) is 1.61. The number of hydrogen-bond donors (Lipinski definition) is 1. The lowest BCUT2D eigenvalue weighted by Crippen LogP contribution is -2.49. The van der Waals surface area contributed by atoms with Crippen LogP contribution >= 0.6 is 0 Å². The molecule has 3 heterocycles. The van der Waals surface area contributed by atoms with Gasteiger partial charge in [-0.1, -0.05) is 30.3 Å². The third-order valence-corrected chi connectivity index (χ3v) is 5.82. The van der Waals surface area contributed by atoms with Crippen molar-refractivity contribution in [1.29, 1.82) is 0 Å². The Kier molecular flexibility index (Phi) is 4.56. The van der Waals surface area contributed by atoms with Crippen molar-refractivity contribution in [3.8, 4) is 5.75 Å². The van der Waals surface area contributed by atoms with Gasteiger partial charge in [0.25, 0.3) is 5.91 Å². The highest BCUT2D eigenvalue weighted by atomic mass is 16.3. The van der Waals surface area contributed by atoms with E-state index in [1.54, 1.807) is 6.92 Å². The van der Waals surface area contributed by atoms with Crippen LogP contribution in [0.3, 0.4) is 0 Å². The standard InChI is InChI=1S/C21H23N3O3/c1-14(25)24-13-18(15-5-3-2-4-6-15)19-12-23(8-7-20(19)24)21(27)16-9-17(26)11-22-10-16/h2-6,9-11,18-20,26H,7-8,12-13H2,1H3/t18-,19-,20-/m1/s1. The topological polar surface area (TPSA) is 73.7 Å². The second-order valence-electron chi connectivity index (χ2n) is 7.39. The molecular weight excluding hydrogens is 342 g/mol. The zero-order chi connectivity index (χ0) is 19.0. The number of amides is 2. The zero-order valence-electron chi connectivity index (χ0n) is 15.3. The fraction of sp³-hybridized carbons (Fsp3) is 0.381. The molecule has 27 heavy (non-hydrogen) atoms. The van der Waals surface area contributed by atoms with Crippen molar-refractivity contribution in [2.45, 2.75) is 25.3 Å². The Morgan fingerprint density at radius 1 is 1.15 bits per heavy atom. The van der Waals surface area contributed by atoms with Crippen LogP contribution in [0.25, 0.3) is 0 Å². The molecule has 1 N–H and O–H groups in total. The first kappa shape index (κ1) is 17.5. The molecule has 0 bridgehead atoms. The minimum atomic E-state index is -0.120. The molecule has 1 aromatic heterocycles. The summed E-state index contributed by atoms with van der Waals surface area (Å²) in [5, 5.41) is 9.62. The molecule has 2 aromatic rings. The molecule has 6 heteroatoms. The zero-order valence-corrected chi connectivity index (χ0v) is 15.3. The lowest BCUT2D eigenvalue weighted by Gasteiger charge is -2.38. The normalized spacial score (nSPS) is 24.6. The number of likely N-dealkylation sites (tertiary alicyclic amines) is 2. The molecule has 2 saturated heterocycles. The van der Waals surface area contributed by atoms with Crippen LogP contribution in [0.1, 0.15) is 35.2 Å². The molecule has 0 unspecified atom stereocenters. The largest absolute Gasteiger partial charge is 0.506 e. The SMILES string of the molecule is CC(=O)N1C[C@H](c2ccccc2)[C@H]2CN(C(=O)c3cncc(O)c3)CC[C@H]21. The van der Waals surface area contributed by atoms with E-state index < -0.39 is 0 Å². The van der Waals surface area contributed by atoms with Gasteiger partial charge in [0.1, 0.15) is 5.75 Å². The third-order valence-electron chi connectivity index (χ3n) is 5.82. The molecule has 2 aliphatic rings. The monoisotopic (exact) mass is 365 g/mol. The van der Waals surface area contributed by atoms with Gasteiger partial charge in [-0.2, -0.15) is 0 Å². The van der Waals surface area contributed by atoms with Gasteiger partial charge in [-0.25, -0.2) is 0 Å². The van der Waals surface area contributed by atoms with Crippen molar-refractivity contribution in [2.75, 3.05) is 19.6 Å². The number of fused-ring (bicyclic) bond motifs is 1. The number of piperidine rings is 1. The van der Waals surface area contributed by atoms with Gasteiger partial charge in [-0.15, -0.1) is 0 Å². The van der Waals surface area contributed by atoms with E-state index >= 15 is 0 Å². The van der Waals surface area contributed by atoms with Crippen LogP contribution in [0.2, 0.25) is 0 Å². The number of rotatable bonds is 2. The van der Waals surface area contributed by atoms with Crippen LogP contribution in [0.5, 0.6) is 5.75 Å². The first-order valence-corrected chi connectivity index (χ1v) is 9.30. The van der Waals surface area contributed by atoms with Crippen LogP contribution in [0.4, 0.5) is 0 Å². The second-order valence-corrected chi connectivity index (χ2v) is 7.39. The van der Waals surface area contributed by atoms with E-state index in [0.717, 1.165) is 6.42 Å². The molecular formula is C21H23N3O3. The van der Waals surface area contributed by atoms with Crippen molar-refractivity contribution in [1.82, 2.24) is 14.8 Å². The summed E-state index contributed by atoms with van der Waals surface area (Å²) in [6.45, 7) is 3.52. The van der Waals surface area contributed by atoms with Gasteiger partial charge in [-0.05, 0) is 18.1 Å². The number of benzene rings is 1. The molecule has 0 aliphatic carbocycles. The summed E-state index contributed by atoms with van der Waals surface area (Å²) in [5.74, 6) is 0.393. The highest BCUT2D eigenvalue weighted by Crippen LogP contribution is 2.41. The number of carbonyl (C=O) groups excluding carboxylic acids is 2. The van der Waals surface area contributed by atoms with E-state index in [2.05, 4.69) is 17.1 Å². The Bertz CT molecular complexity index is 855. The van der Waals surface area contributed by atoms with E-state index in [1.807, 2.05) is 28.0 Å². The summed E-state index contributed by atoms with van der Waals surface area (Å²) in [6.07, 6.45) is 3.57. The lowest BCUT2D eigenvalue weighted by molar-refractivity contribution is -0.130. The van der Waals surface area contributed by atoms with Crippen LogP contribution in [0, 0.1) is 5.92 Å². The predicted octanol–water partition coefficient (Wildman–Crippen LogP) is 2.26. The van der Waals surface area contributed by atoms with Gasteiger partial charge in [0.15, 0.2) is 0 Å².